The molecule has 0 fully saturated rings. The summed E-state index contributed by atoms with van der Waals surface area (Å²) >= 11 is 9.49. The molecular weight excluding hydrogens is 388 g/mol. The van der Waals surface area contributed by atoms with Gasteiger partial charge >= 0.3 is 0 Å². The number of aromatic nitrogens is 3. The Morgan fingerprint density at radius 2 is 2.15 bits per heavy atom. The average molecular weight is 409 g/mol. The van der Waals surface area contributed by atoms with Crippen molar-refractivity contribution in [3.8, 4) is 5.69 Å². The van der Waals surface area contributed by atoms with Gasteiger partial charge in [-0.15, -0.1) is 10.2 Å². The molecule has 0 radical (unpaired) electrons. The van der Waals surface area contributed by atoms with Crippen LogP contribution in [0.5, 0.6) is 0 Å². The minimum Gasteiger partial charge on any atom is -0.396 e. The number of aliphatic hydroxyl groups excluding tert-OH is 1. The fourth-order valence-corrected chi connectivity index (χ4v) is 4.33. The number of nitrogens with zero attached hydrogens (tertiary/aromatic N) is 4. The van der Waals surface area contributed by atoms with Gasteiger partial charge in [-0.2, -0.15) is 11.3 Å². The molecule has 0 aliphatic rings. The number of thioether (sulfide) groups is 1. The van der Waals surface area contributed by atoms with Crippen molar-refractivity contribution < 1.29 is 5.11 Å². The van der Waals surface area contributed by atoms with Crippen LogP contribution in [-0.4, -0.2) is 44.2 Å². The molecule has 2 heterocycles. The Morgan fingerprint density at radius 1 is 1.27 bits per heavy atom. The van der Waals surface area contributed by atoms with Gasteiger partial charge in [-0.3, -0.25) is 9.47 Å². The monoisotopic (exact) mass is 408 g/mol. The molecule has 0 saturated heterocycles. The molecule has 0 spiro atoms. The predicted octanol–water partition coefficient (Wildman–Crippen LogP) is 4.09. The van der Waals surface area contributed by atoms with E-state index in [2.05, 4.69) is 43.5 Å². The molecule has 0 aliphatic heterocycles. The van der Waals surface area contributed by atoms with E-state index >= 15 is 0 Å². The number of halogens is 1. The summed E-state index contributed by atoms with van der Waals surface area (Å²) in [5.41, 5.74) is 2.25. The van der Waals surface area contributed by atoms with E-state index in [0.29, 0.717) is 11.6 Å². The fraction of sp³-hybridized carbons (Fsp3) is 0.333. The number of hydrogen-bond acceptors (Lipinski definition) is 6. The summed E-state index contributed by atoms with van der Waals surface area (Å²) in [5, 5.41) is 23.6. The molecular formula is C18H21ClN4OS2. The maximum atomic E-state index is 9.03. The van der Waals surface area contributed by atoms with Gasteiger partial charge in [0.15, 0.2) is 11.0 Å². The second-order valence-electron chi connectivity index (χ2n) is 5.94. The Kier molecular flexibility index (Phi) is 7.10. The van der Waals surface area contributed by atoms with E-state index in [1.54, 1.807) is 23.1 Å². The Balaban J connectivity index is 1.84. The number of benzene rings is 1. The smallest absolute Gasteiger partial charge is 0.195 e. The van der Waals surface area contributed by atoms with Gasteiger partial charge in [-0.1, -0.05) is 29.4 Å². The predicted molar refractivity (Wildman–Crippen MR) is 108 cm³/mol. The van der Waals surface area contributed by atoms with E-state index in [1.807, 2.05) is 24.3 Å². The molecule has 2 aromatic heterocycles. The lowest BCUT2D eigenvalue weighted by atomic mass is 10.3. The van der Waals surface area contributed by atoms with E-state index in [9.17, 15) is 0 Å². The third-order valence-electron chi connectivity index (χ3n) is 3.74. The molecule has 0 atom stereocenters. The van der Waals surface area contributed by atoms with E-state index in [4.69, 9.17) is 16.7 Å². The van der Waals surface area contributed by atoms with Crippen LogP contribution in [0.3, 0.4) is 0 Å². The minimum atomic E-state index is 0.175. The van der Waals surface area contributed by atoms with Crippen LogP contribution in [0, 0.1) is 0 Å². The van der Waals surface area contributed by atoms with Gasteiger partial charge in [0.05, 0.1) is 12.2 Å². The lowest BCUT2D eigenvalue weighted by molar-refractivity contribution is 0.296. The second-order valence-corrected chi connectivity index (χ2v) is 8.22. The Morgan fingerprint density at radius 3 is 2.88 bits per heavy atom. The van der Waals surface area contributed by atoms with Crippen LogP contribution in [0.15, 0.2) is 46.2 Å². The molecule has 3 rings (SSSR count). The molecule has 5 nitrogen and oxygen atoms in total. The third-order valence-corrected chi connectivity index (χ3v) is 5.73. The molecule has 1 aromatic carbocycles. The van der Waals surface area contributed by atoms with Gasteiger partial charge < -0.3 is 5.11 Å². The number of rotatable bonds is 9. The molecule has 0 unspecified atom stereocenters. The van der Waals surface area contributed by atoms with Crippen molar-refractivity contribution in [1.29, 1.82) is 0 Å². The largest absolute Gasteiger partial charge is 0.396 e. The highest BCUT2D eigenvalue weighted by atomic mass is 35.5. The molecule has 138 valence electrons. The molecule has 0 saturated carbocycles. The summed E-state index contributed by atoms with van der Waals surface area (Å²) in [7, 11) is 2.08. The van der Waals surface area contributed by atoms with Crippen molar-refractivity contribution in [2.24, 2.45) is 0 Å². The first-order valence-corrected chi connectivity index (χ1v) is 10.6. The highest BCUT2D eigenvalue weighted by Crippen LogP contribution is 2.25. The van der Waals surface area contributed by atoms with Gasteiger partial charge in [0.2, 0.25) is 0 Å². The van der Waals surface area contributed by atoms with Crippen LogP contribution in [0.25, 0.3) is 5.69 Å². The van der Waals surface area contributed by atoms with E-state index in [-0.39, 0.29) is 6.61 Å². The Bertz CT molecular complexity index is 822. The highest BCUT2D eigenvalue weighted by Gasteiger charge is 2.16. The minimum absolute atomic E-state index is 0.175. The summed E-state index contributed by atoms with van der Waals surface area (Å²) in [6, 6.07) is 9.85. The maximum absolute atomic E-state index is 9.03. The summed E-state index contributed by atoms with van der Waals surface area (Å²) in [5.74, 6) is 1.66. The van der Waals surface area contributed by atoms with Crippen LogP contribution in [-0.2, 0) is 13.1 Å². The summed E-state index contributed by atoms with van der Waals surface area (Å²) in [6.07, 6.45) is 0.723. The number of thiophene rings is 1. The van der Waals surface area contributed by atoms with Crippen LogP contribution in [0.4, 0.5) is 0 Å². The SMILES string of the molecule is CN(Cc1ccsc1)Cc1nnc(SCCCO)n1-c1cccc(Cl)c1. The zero-order chi connectivity index (χ0) is 18.4. The van der Waals surface area contributed by atoms with Crippen LogP contribution >= 0.6 is 34.7 Å². The van der Waals surface area contributed by atoms with Crippen LogP contribution in [0.2, 0.25) is 5.02 Å². The quantitative estimate of drug-likeness (QED) is 0.427. The lowest BCUT2D eigenvalue weighted by Crippen LogP contribution is -2.19. The van der Waals surface area contributed by atoms with Gasteiger partial charge in [0.25, 0.3) is 0 Å². The molecule has 26 heavy (non-hydrogen) atoms. The molecule has 3 aromatic rings. The Hall–Kier alpha value is -1.38. The standard InChI is InChI=1S/C18H21ClN4OS2/c1-22(11-14-6-9-25-13-14)12-17-20-21-18(26-8-3-7-24)23(17)16-5-2-4-15(19)10-16/h2,4-6,9-10,13,24H,3,7-8,11-12H2,1H3. The average Bonchev–Trinajstić information content (AvgIpc) is 3.25. The summed E-state index contributed by atoms with van der Waals surface area (Å²) in [4.78, 5) is 2.22. The molecule has 0 amide bonds. The van der Waals surface area contributed by atoms with Crippen molar-refractivity contribution in [2.45, 2.75) is 24.7 Å². The first-order valence-electron chi connectivity index (χ1n) is 8.31. The van der Waals surface area contributed by atoms with E-state index in [0.717, 1.165) is 35.4 Å². The highest BCUT2D eigenvalue weighted by molar-refractivity contribution is 7.99. The number of aliphatic hydroxyl groups is 1. The third kappa shape index (κ3) is 5.08. The zero-order valence-corrected chi connectivity index (χ0v) is 16.9. The first kappa shape index (κ1) is 19.4. The summed E-state index contributed by atoms with van der Waals surface area (Å²) in [6.45, 7) is 1.71. The van der Waals surface area contributed by atoms with Crippen molar-refractivity contribution in [3.63, 3.8) is 0 Å². The Labute approximate surface area is 166 Å². The normalized spacial score (nSPS) is 11.4. The van der Waals surface area contributed by atoms with Crippen molar-refractivity contribution in [3.05, 3.63) is 57.5 Å². The first-order chi connectivity index (χ1) is 12.7. The molecule has 0 aliphatic carbocycles. The topological polar surface area (TPSA) is 54.2 Å². The molecule has 0 bridgehead atoms. The number of hydrogen-bond donors (Lipinski definition) is 1. The zero-order valence-electron chi connectivity index (χ0n) is 14.5. The lowest BCUT2D eigenvalue weighted by Gasteiger charge is -2.17. The maximum Gasteiger partial charge on any atom is 0.195 e. The summed E-state index contributed by atoms with van der Waals surface area (Å²) < 4.78 is 2.05. The van der Waals surface area contributed by atoms with Crippen LogP contribution < -0.4 is 0 Å². The van der Waals surface area contributed by atoms with Crippen LogP contribution in [0.1, 0.15) is 17.8 Å². The molecule has 8 heteroatoms. The van der Waals surface area contributed by atoms with Gasteiger partial charge in [0, 0.05) is 23.9 Å². The van der Waals surface area contributed by atoms with Crippen molar-refractivity contribution in [2.75, 3.05) is 19.4 Å². The van der Waals surface area contributed by atoms with E-state index < -0.39 is 0 Å². The van der Waals surface area contributed by atoms with Gasteiger partial charge in [0.1, 0.15) is 0 Å². The van der Waals surface area contributed by atoms with Crippen molar-refractivity contribution >= 4 is 34.7 Å². The van der Waals surface area contributed by atoms with E-state index in [1.165, 1.54) is 5.56 Å². The van der Waals surface area contributed by atoms with Gasteiger partial charge in [-0.25, -0.2) is 0 Å². The fourth-order valence-electron chi connectivity index (χ4n) is 2.59. The van der Waals surface area contributed by atoms with Gasteiger partial charge in [-0.05, 0) is 54.1 Å². The molecule has 1 N–H and O–H groups in total. The van der Waals surface area contributed by atoms with Crippen molar-refractivity contribution in [1.82, 2.24) is 19.7 Å². The second kappa shape index (κ2) is 9.53.